The number of guanidine groups is 1. The highest BCUT2D eigenvalue weighted by atomic mass is 127. The second-order valence-electron chi connectivity index (χ2n) is 6.60. The zero-order valence-corrected chi connectivity index (χ0v) is 18.1. The van der Waals surface area contributed by atoms with E-state index >= 15 is 0 Å². The van der Waals surface area contributed by atoms with Gasteiger partial charge >= 0.3 is 0 Å². The van der Waals surface area contributed by atoms with E-state index in [0.29, 0.717) is 19.5 Å². The molecule has 3 rings (SSSR count). The van der Waals surface area contributed by atoms with Gasteiger partial charge in [-0.25, -0.2) is 4.99 Å². The first kappa shape index (κ1) is 21.2. The highest BCUT2D eigenvalue weighted by molar-refractivity contribution is 14.0. The van der Waals surface area contributed by atoms with Crippen LogP contribution in [0, 0.1) is 6.92 Å². The molecule has 1 amide bonds. The zero-order valence-electron chi connectivity index (χ0n) is 15.8. The molecule has 3 N–H and O–H groups in total. The van der Waals surface area contributed by atoms with Gasteiger partial charge in [0.25, 0.3) is 0 Å². The Morgan fingerprint density at radius 1 is 1.19 bits per heavy atom. The number of aryl methyl sites for hydroxylation is 1. The number of amides is 1. The van der Waals surface area contributed by atoms with Gasteiger partial charge in [-0.05, 0) is 31.0 Å². The fourth-order valence-electron chi connectivity index (χ4n) is 3.23. The molecule has 0 fully saturated rings. The van der Waals surface area contributed by atoms with E-state index in [4.69, 9.17) is 0 Å². The van der Waals surface area contributed by atoms with E-state index in [2.05, 4.69) is 58.2 Å². The Labute approximate surface area is 178 Å². The van der Waals surface area contributed by atoms with Crippen molar-refractivity contribution in [2.75, 3.05) is 18.4 Å². The van der Waals surface area contributed by atoms with Gasteiger partial charge < -0.3 is 16.0 Å². The van der Waals surface area contributed by atoms with Crippen LogP contribution in [0.25, 0.3) is 0 Å². The van der Waals surface area contributed by atoms with Crippen LogP contribution in [0.3, 0.4) is 0 Å². The van der Waals surface area contributed by atoms with Crippen molar-refractivity contribution in [3.05, 3.63) is 65.2 Å². The maximum absolute atomic E-state index is 12.0. The van der Waals surface area contributed by atoms with Gasteiger partial charge in [-0.1, -0.05) is 48.0 Å². The van der Waals surface area contributed by atoms with Crippen LogP contribution in [0.1, 0.15) is 36.0 Å². The lowest BCUT2D eigenvalue weighted by Crippen LogP contribution is -2.40. The third kappa shape index (κ3) is 5.95. The lowest BCUT2D eigenvalue weighted by Gasteiger charge is -2.26. The molecule has 1 atom stereocenters. The summed E-state index contributed by atoms with van der Waals surface area (Å²) in [5.74, 6) is 0.984. The Balaban J connectivity index is 0.00000261. The van der Waals surface area contributed by atoms with Crippen LogP contribution in [0.5, 0.6) is 0 Å². The fraction of sp³-hybridized carbons (Fsp3) is 0.333. The van der Waals surface area contributed by atoms with Crippen LogP contribution >= 0.6 is 24.0 Å². The Morgan fingerprint density at radius 2 is 2.00 bits per heavy atom. The molecule has 0 saturated carbocycles. The third-order valence-corrected chi connectivity index (χ3v) is 4.47. The van der Waals surface area contributed by atoms with E-state index in [0.717, 1.165) is 18.2 Å². The standard InChI is InChI=1S/C21H26N4O.HI/c1-3-22-21(23-13-16-8-6-7-15(2)11-16)24-14-17-12-20(26)25-19-10-5-4-9-18(17)19;/h4-11,17H,3,12-14H2,1-2H3,(H,25,26)(H2,22,23,24);1H. The number of hydrogen-bond acceptors (Lipinski definition) is 2. The molecule has 0 bridgehead atoms. The molecule has 144 valence electrons. The summed E-state index contributed by atoms with van der Waals surface area (Å²) in [5.41, 5.74) is 4.51. The number of carbonyl (C=O) groups excluding carboxylic acids is 1. The van der Waals surface area contributed by atoms with Gasteiger partial charge in [0, 0.05) is 31.1 Å². The maximum atomic E-state index is 12.0. The monoisotopic (exact) mass is 478 g/mol. The van der Waals surface area contributed by atoms with E-state index in [1.165, 1.54) is 16.7 Å². The highest BCUT2D eigenvalue weighted by Gasteiger charge is 2.24. The van der Waals surface area contributed by atoms with Crippen molar-refractivity contribution in [1.82, 2.24) is 10.6 Å². The summed E-state index contributed by atoms with van der Waals surface area (Å²) in [6.45, 7) is 6.22. The minimum atomic E-state index is 0. The van der Waals surface area contributed by atoms with Gasteiger partial charge in [0.15, 0.2) is 5.96 Å². The minimum absolute atomic E-state index is 0. The summed E-state index contributed by atoms with van der Waals surface area (Å²) in [5, 5.41) is 9.62. The maximum Gasteiger partial charge on any atom is 0.225 e. The summed E-state index contributed by atoms with van der Waals surface area (Å²) < 4.78 is 0. The van der Waals surface area contributed by atoms with Crippen LogP contribution in [-0.2, 0) is 11.3 Å². The predicted molar refractivity (Wildman–Crippen MR) is 122 cm³/mol. The first-order chi connectivity index (χ1) is 12.7. The highest BCUT2D eigenvalue weighted by Crippen LogP contribution is 2.31. The fourth-order valence-corrected chi connectivity index (χ4v) is 3.23. The van der Waals surface area contributed by atoms with Crippen LogP contribution < -0.4 is 16.0 Å². The largest absolute Gasteiger partial charge is 0.357 e. The van der Waals surface area contributed by atoms with E-state index in [1.54, 1.807) is 0 Å². The zero-order chi connectivity index (χ0) is 18.4. The number of nitrogens with zero attached hydrogens (tertiary/aromatic N) is 1. The molecule has 5 nitrogen and oxygen atoms in total. The molecule has 2 aromatic rings. The summed E-state index contributed by atoms with van der Waals surface area (Å²) >= 11 is 0. The SMILES string of the molecule is CCNC(=NCc1cccc(C)c1)NCC1CC(=O)Nc2ccccc21.I. The molecule has 0 aliphatic carbocycles. The quantitative estimate of drug-likeness (QED) is 0.348. The Bertz CT molecular complexity index is 806. The lowest BCUT2D eigenvalue weighted by atomic mass is 9.90. The van der Waals surface area contributed by atoms with Crippen molar-refractivity contribution in [2.45, 2.75) is 32.7 Å². The number of rotatable bonds is 5. The van der Waals surface area contributed by atoms with E-state index in [1.807, 2.05) is 25.1 Å². The van der Waals surface area contributed by atoms with Gasteiger partial charge in [0.1, 0.15) is 0 Å². The van der Waals surface area contributed by atoms with Crippen molar-refractivity contribution in [3.63, 3.8) is 0 Å². The number of fused-ring (bicyclic) bond motifs is 1. The van der Waals surface area contributed by atoms with Crippen molar-refractivity contribution >= 4 is 41.5 Å². The lowest BCUT2D eigenvalue weighted by molar-refractivity contribution is -0.116. The smallest absolute Gasteiger partial charge is 0.225 e. The molecule has 1 aliphatic rings. The number of carbonyl (C=O) groups is 1. The summed E-state index contributed by atoms with van der Waals surface area (Å²) in [6.07, 6.45) is 0.487. The van der Waals surface area contributed by atoms with Crippen LogP contribution in [0.4, 0.5) is 5.69 Å². The van der Waals surface area contributed by atoms with Gasteiger partial charge in [-0.3, -0.25) is 4.79 Å². The molecular weight excluding hydrogens is 451 g/mol. The van der Waals surface area contributed by atoms with Crippen LogP contribution in [-0.4, -0.2) is 25.0 Å². The number of benzene rings is 2. The topological polar surface area (TPSA) is 65.5 Å². The molecule has 0 radical (unpaired) electrons. The number of nitrogens with one attached hydrogen (secondary N) is 3. The van der Waals surface area contributed by atoms with Crippen molar-refractivity contribution in [3.8, 4) is 0 Å². The van der Waals surface area contributed by atoms with E-state index in [-0.39, 0.29) is 35.8 Å². The first-order valence-electron chi connectivity index (χ1n) is 9.12. The second-order valence-corrected chi connectivity index (χ2v) is 6.60. The average Bonchev–Trinajstić information content (AvgIpc) is 2.63. The molecule has 1 aliphatic heterocycles. The molecule has 0 spiro atoms. The Hall–Kier alpha value is -2.09. The number of aliphatic imine (C=N–C) groups is 1. The summed E-state index contributed by atoms with van der Waals surface area (Å²) in [7, 11) is 0. The molecule has 0 saturated heterocycles. The van der Waals surface area contributed by atoms with Crippen molar-refractivity contribution < 1.29 is 4.79 Å². The number of halogens is 1. The normalized spacial score (nSPS) is 16.0. The molecule has 27 heavy (non-hydrogen) atoms. The molecule has 1 unspecified atom stereocenters. The predicted octanol–water partition coefficient (Wildman–Crippen LogP) is 3.79. The van der Waals surface area contributed by atoms with E-state index < -0.39 is 0 Å². The average molecular weight is 478 g/mol. The summed E-state index contributed by atoms with van der Waals surface area (Å²) in [4.78, 5) is 16.6. The van der Waals surface area contributed by atoms with Crippen LogP contribution in [0.15, 0.2) is 53.5 Å². The van der Waals surface area contributed by atoms with Gasteiger partial charge in [0.2, 0.25) is 5.91 Å². The molecule has 6 heteroatoms. The molecule has 2 aromatic carbocycles. The molecule has 0 aromatic heterocycles. The Kier molecular flexibility index (Phi) is 8.09. The Morgan fingerprint density at radius 3 is 2.78 bits per heavy atom. The molecular formula is C21H27IN4O. The number of anilines is 1. The van der Waals surface area contributed by atoms with Gasteiger partial charge in [-0.15, -0.1) is 24.0 Å². The third-order valence-electron chi connectivity index (χ3n) is 4.47. The first-order valence-corrected chi connectivity index (χ1v) is 9.12. The minimum Gasteiger partial charge on any atom is -0.357 e. The second kappa shape index (κ2) is 10.3. The van der Waals surface area contributed by atoms with Gasteiger partial charge in [0.05, 0.1) is 6.54 Å². The van der Waals surface area contributed by atoms with Gasteiger partial charge in [-0.2, -0.15) is 0 Å². The number of para-hydroxylation sites is 1. The van der Waals surface area contributed by atoms with Crippen molar-refractivity contribution in [2.24, 2.45) is 4.99 Å². The van der Waals surface area contributed by atoms with E-state index in [9.17, 15) is 4.79 Å². The van der Waals surface area contributed by atoms with Crippen molar-refractivity contribution in [1.29, 1.82) is 0 Å². The molecule has 1 heterocycles. The number of hydrogen-bond donors (Lipinski definition) is 3. The summed E-state index contributed by atoms with van der Waals surface area (Å²) in [6, 6.07) is 16.4. The van der Waals surface area contributed by atoms with Crippen LogP contribution in [0.2, 0.25) is 0 Å².